The van der Waals surface area contributed by atoms with Gasteiger partial charge in [-0.2, -0.15) is 11.8 Å². The van der Waals surface area contributed by atoms with E-state index in [0.29, 0.717) is 0 Å². The fraction of sp³-hybridized carbons (Fsp3) is 0.929. The van der Waals surface area contributed by atoms with Crippen molar-refractivity contribution in [2.45, 2.75) is 25.0 Å². The Balaban J connectivity index is 0. The largest absolute Gasteiger partial charge is 0.385 e. The van der Waals surface area contributed by atoms with Gasteiger partial charge in [-0.25, -0.2) is 0 Å². The smallest absolute Gasteiger partial charge is 0.191 e. The molecule has 7 heteroatoms. The Hall–Kier alpha value is 0.270. The maximum Gasteiger partial charge on any atom is 0.191 e. The Labute approximate surface area is 152 Å². The zero-order valence-electron chi connectivity index (χ0n) is 14.4. The van der Waals surface area contributed by atoms with E-state index >= 15 is 0 Å². The molecule has 21 heavy (non-hydrogen) atoms. The van der Waals surface area contributed by atoms with Crippen molar-refractivity contribution in [3.8, 4) is 0 Å². The Kier molecular flexibility index (Phi) is 15.6. The summed E-state index contributed by atoms with van der Waals surface area (Å²) in [6, 6.07) is 0. The summed E-state index contributed by atoms with van der Waals surface area (Å²) in [7, 11) is 5.68. The lowest BCUT2D eigenvalue weighted by molar-refractivity contribution is 0.180. The van der Waals surface area contributed by atoms with Gasteiger partial charge in [-0.3, -0.25) is 4.99 Å². The van der Waals surface area contributed by atoms with Crippen molar-refractivity contribution in [3.63, 3.8) is 0 Å². The maximum atomic E-state index is 5.05. The molecule has 0 aliphatic heterocycles. The van der Waals surface area contributed by atoms with Crippen molar-refractivity contribution in [2.24, 2.45) is 4.99 Å². The summed E-state index contributed by atoms with van der Waals surface area (Å²) in [5, 5.41) is 6.71. The van der Waals surface area contributed by atoms with Crippen molar-refractivity contribution >= 4 is 41.7 Å². The molecule has 0 bridgehead atoms. The van der Waals surface area contributed by atoms with Crippen LogP contribution in [0.5, 0.6) is 0 Å². The van der Waals surface area contributed by atoms with Crippen LogP contribution in [0.4, 0.5) is 0 Å². The van der Waals surface area contributed by atoms with Crippen LogP contribution >= 0.6 is 35.7 Å². The van der Waals surface area contributed by atoms with Gasteiger partial charge in [0.05, 0.1) is 0 Å². The molecule has 0 aliphatic rings. The Bertz CT molecular complexity index is 278. The number of guanidine groups is 1. The Morgan fingerprint density at radius 3 is 2.48 bits per heavy atom. The molecule has 0 fully saturated rings. The number of aliphatic imine (C=N–C) groups is 1. The first-order valence-corrected chi connectivity index (χ1v) is 8.35. The first kappa shape index (κ1) is 23.5. The van der Waals surface area contributed by atoms with E-state index in [9.17, 15) is 0 Å². The molecule has 0 saturated heterocycles. The average molecular weight is 432 g/mol. The number of hydrogen-bond donors (Lipinski definition) is 2. The summed E-state index contributed by atoms with van der Waals surface area (Å²) < 4.78 is 5.27. The second-order valence-corrected chi connectivity index (χ2v) is 6.98. The second-order valence-electron chi connectivity index (χ2n) is 5.47. The van der Waals surface area contributed by atoms with E-state index < -0.39 is 0 Å². The molecule has 0 heterocycles. The summed E-state index contributed by atoms with van der Waals surface area (Å²) in [5.74, 6) is 0.873. The molecule has 0 aromatic carbocycles. The zero-order chi connectivity index (χ0) is 15.4. The highest BCUT2D eigenvalue weighted by atomic mass is 127. The van der Waals surface area contributed by atoms with Gasteiger partial charge in [-0.15, -0.1) is 24.0 Å². The molecule has 0 saturated carbocycles. The molecule has 5 nitrogen and oxygen atoms in total. The molecule has 0 spiro atoms. The van der Waals surface area contributed by atoms with Crippen molar-refractivity contribution in [1.29, 1.82) is 0 Å². The highest BCUT2D eigenvalue weighted by Gasteiger charge is 2.15. The standard InChI is InChI=1S/C14H32N4OS.HI/c1-14(2,20-6)12-17-13(15-3)16-8-10-18(4)9-7-11-19-5;/h7-12H2,1-6H3,(H2,15,16,17);1H. The number of methoxy groups -OCH3 is 1. The quantitative estimate of drug-likeness (QED) is 0.239. The molecule has 0 radical (unpaired) electrons. The van der Waals surface area contributed by atoms with Crippen LogP contribution in [0.25, 0.3) is 0 Å². The van der Waals surface area contributed by atoms with Crippen molar-refractivity contribution in [3.05, 3.63) is 0 Å². The molecule has 0 aromatic rings. The van der Waals surface area contributed by atoms with Gasteiger partial charge in [-0.05, 0) is 33.6 Å². The third kappa shape index (κ3) is 13.6. The molecule has 0 aromatic heterocycles. The third-order valence-electron chi connectivity index (χ3n) is 3.13. The van der Waals surface area contributed by atoms with E-state index in [1.807, 2.05) is 18.8 Å². The normalized spacial score (nSPS) is 12.2. The summed E-state index contributed by atoms with van der Waals surface area (Å²) in [4.78, 5) is 6.54. The fourth-order valence-corrected chi connectivity index (χ4v) is 1.76. The Morgan fingerprint density at radius 2 is 1.95 bits per heavy atom. The SMILES string of the molecule is CN=C(NCCN(C)CCCOC)NCC(C)(C)SC.I. The number of nitrogens with one attached hydrogen (secondary N) is 2. The van der Waals surface area contributed by atoms with Crippen LogP contribution < -0.4 is 10.6 Å². The van der Waals surface area contributed by atoms with Gasteiger partial charge in [0.2, 0.25) is 0 Å². The van der Waals surface area contributed by atoms with Gasteiger partial charge in [-0.1, -0.05) is 0 Å². The van der Waals surface area contributed by atoms with Crippen LogP contribution in [0.15, 0.2) is 4.99 Å². The van der Waals surface area contributed by atoms with Crippen LogP contribution in [-0.4, -0.2) is 75.9 Å². The fourth-order valence-electron chi connectivity index (χ4n) is 1.55. The van der Waals surface area contributed by atoms with Gasteiger partial charge in [0.25, 0.3) is 0 Å². The van der Waals surface area contributed by atoms with E-state index in [-0.39, 0.29) is 28.7 Å². The van der Waals surface area contributed by atoms with Crippen LogP contribution in [0.1, 0.15) is 20.3 Å². The molecule has 0 unspecified atom stereocenters. The molecule has 0 aliphatic carbocycles. The lowest BCUT2D eigenvalue weighted by Gasteiger charge is -2.24. The third-order valence-corrected chi connectivity index (χ3v) is 4.38. The van der Waals surface area contributed by atoms with Gasteiger partial charge in [0.1, 0.15) is 0 Å². The van der Waals surface area contributed by atoms with Crippen molar-refractivity contribution < 1.29 is 4.74 Å². The highest BCUT2D eigenvalue weighted by Crippen LogP contribution is 2.19. The lowest BCUT2D eigenvalue weighted by atomic mass is 10.2. The molecular weight excluding hydrogens is 399 g/mol. The van der Waals surface area contributed by atoms with Crippen LogP contribution in [-0.2, 0) is 4.74 Å². The topological polar surface area (TPSA) is 48.9 Å². The first-order valence-electron chi connectivity index (χ1n) is 7.12. The maximum absolute atomic E-state index is 5.05. The van der Waals surface area contributed by atoms with E-state index in [1.54, 1.807) is 7.11 Å². The molecule has 0 rings (SSSR count). The molecule has 0 amide bonds. The molecular formula is C14H33IN4OS. The van der Waals surface area contributed by atoms with Gasteiger partial charge < -0.3 is 20.3 Å². The Morgan fingerprint density at radius 1 is 1.29 bits per heavy atom. The van der Waals surface area contributed by atoms with E-state index in [1.165, 1.54) is 0 Å². The van der Waals surface area contributed by atoms with Gasteiger partial charge in [0, 0.05) is 51.7 Å². The van der Waals surface area contributed by atoms with Crippen LogP contribution in [0.3, 0.4) is 0 Å². The van der Waals surface area contributed by atoms with Crippen molar-refractivity contribution in [2.75, 3.05) is 60.2 Å². The second kappa shape index (κ2) is 13.9. The monoisotopic (exact) mass is 432 g/mol. The number of thioether (sulfide) groups is 1. The van der Waals surface area contributed by atoms with E-state index in [2.05, 4.69) is 47.7 Å². The summed E-state index contributed by atoms with van der Waals surface area (Å²) in [6.07, 6.45) is 3.20. The predicted molar refractivity (Wildman–Crippen MR) is 106 cm³/mol. The minimum atomic E-state index is 0. The molecule has 128 valence electrons. The number of hydrogen-bond acceptors (Lipinski definition) is 4. The lowest BCUT2D eigenvalue weighted by Crippen LogP contribution is -2.45. The van der Waals surface area contributed by atoms with Crippen molar-refractivity contribution in [1.82, 2.24) is 15.5 Å². The van der Waals surface area contributed by atoms with E-state index in [0.717, 1.165) is 45.2 Å². The first-order chi connectivity index (χ1) is 9.45. The number of nitrogens with zero attached hydrogens (tertiary/aromatic N) is 2. The number of likely N-dealkylation sites (N-methyl/N-ethyl adjacent to an activating group) is 1. The number of rotatable bonds is 10. The van der Waals surface area contributed by atoms with Crippen LogP contribution in [0.2, 0.25) is 0 Å². The van der Waals surface area contributed by atoms with Gasteiger partial charge >= 0.3 is 0 Å². The zero-order valence-corrected chi connectivity index (χ0v) is 17.5. The number of ether oxygens (including phenoxy) is 1. The van der Waals surface area contributed by atoms with Crippen LogP contribution in [0, 0.1) is 0 Å². The minimum absolute atomic E-state index is 0. The number of halogens is 1. The van der Waals surface area contributed by atoms with E-state index in [4.69, 9.17) is 4.74 Å². The molecule has 0 atom stereocenters. The summed E-state index contributed by atoms with van der Waals surface area (Å²) in [6.45, 7) is 9.12. The predicted octanol–water partition coefficient (Wildman–Crippen LogP) is 1.88. The molecule has 2 N–H and O–H groups in total. The minimum Gasteiger partial charge on any atom is -0.385 e. The van der Waals surface area contributed by atoms with Gasteiger partial charge in [0.15, 0.2) is 5.96 Å². The summed E-state index contributed by atoms with van der Waals surface area (Å²) in [5.41, 5.74) is 0. The summed E-state index contributed by atoms with van der Waals surface area (Å²) >= 11 is 1.85. The average Bonchev–Trinajstić information content (AvgIpc) is 2.43. The highest BCUT2D eigenvalue weighted by molar-refractivity contribution is 14.0.